The van der Waals surface area contributed by atoms with E-state index in [0.717, 1.165) is 4.57 Å². The van der Waals surface area contributed by atoms with Crippen LogP contribution in [0.4, 0.5) is 4.39 Å². The lowest BCUT2D eigenvalue weighted by Crippen LogP contribution is -2.38. The number of hydrogen-bond acceptors (Lipinski definition) is 2. The van der Waals surface area contributed by atoms with E-state index in [-0.39, 0.29) is 11.6 Å². The molecule has 94 valence electrons. The molecule has 0 unspecified atom stereocenters. The lowest BCUT2D eigenvalue weighted by Gasteiger charge is -2.08. The minimum absolute atomic E-state index is 0.0526. The second-order valence-corrected chi connectivity index (χ2v) is 4.22. The Morgan fingerprint density at radius 3 is 2.72 bits per heavy atom. The highest BCUT2D eigenvalue weighted by Crippen LogP contribution is 2.19. The minimum atomic E-state index is -0.574. The van der Waals surface area contributed by atoms with Gasteiger partial charge >= 0.3 is 5.69 Å². The van der Waals surface area contributed by atoms with E-state index in [1.807, 2.05) is 0 Å². The third-order valence-electron chi connectivity index (χ3n) is 2.60. The average molecular weight is 269 g/mol. The second-order valence-electron chi connectivity index (χ2n) is 3.85. The van der Waals surface area contributed by atoms with Gasteiger partial charge in [-0.2, -0.15) is 0 Å². The van der Waals surface area contributed by atoms with Gasteiger partial charge in [0.25, 0.3) is 5.56 Å². The Morgan fingerprint density at radius 2 is 2.00 bits per heavy atom. The van der Waals surface area contributed by atoms with Gasteiger partial charge in [0.05, 0.1) is 11.6 Å². The number of aromatic nitrogens is 2. The van der Waals surface area contributed by atoms with E-state index in [2.05, 4.69) is 0 Å². The zero-order valence-corrected chi connectivity index (χ0v) is 10.3. The molecular weight excluding hydrogens is 259 g/mol. The molecule has 0 fully saturated rings. The largest absolute Gasteiger partial charge is 0.331 e. The summed E-state index contributed by atoms with van der Waals surface area (Å²) in [4.78, 5) is 23.4. The molecule has 1 heterocycles. The van der Waals surface area contributed by atoms with Gasteiger partial charge in [-0.05, 0) is 11.6 Å². The van der Waals surface area contributed by atoms with Crippen molar-refractivity contribution in [2.45, 2.75) is 6.54 Å². The molecule has 2 rings (SSSR count). The molecule has 0 bridgehead atoms. The molecule has 0 aliphatic rings. The second kappa shape index (κ2) is 4.78. The number of nitrogens with zero attached hydrogens (tertiary/aromatic N) is 2. The fraction of sp³-hybridized carbons (Fsp3) is 0.167. The molecule has 0 saturated heterocycles. The maximum absolute atomic E-state index is 13.3. The van der Waals surface area contributed by atoms with E-state index in [4.69, 9.17) is 11.6 Å². The average Bonchev–Trinajstić information content (AvgIpc) is 2.35. The van der Waals surface area contributed by atoms with Crippen LogP contribution < -0.4 is 11.2 Å². The first-order valence-electron chi connectivity index (χ1n) is 5.20. The monoisotopic (exact) mass is 268 g/mol. The Kier molecular flexibility index (Phi) is 3.34. The van der Waals surface area contributed by atoms with Crippen molar-refractivity contribution in [3.05, 3.63) is 67.7 Å². The van der Waals surface area contributed by atoms with Crippen molar-refractivity contribution in [1.82, 2.24) is 9.13 Å². The lowest BCUT2D eigenvalue weighted by atomic mass is 10.2. The first-order valence-corrected chi connectivity index (χ1v) is 5.58. The van der Waals surface area contributed by atoms with E-state index in [0.29, 0.717) is 5.56 Å². The van der Waals surface area contributed by atoms with Crippen LogP contribution in [-0.4, -0.2) is 9.13 Å². The summed E-state index contributed by atoms with van der Waals surface area (Å²) in [6.07, 6.45) is 1.38. The van der Waals surface area contributed by atoms with Crippen molar-refractivity contribution in [3.8, 4) is 0 Å². The van der Waals surface area contributed by atoms with Crippen LogP contribution in [0.25, 0.3) is 0 Å². The molecule has 0 atom stereocenters. The molecule has 6 heteroatoms. The highest BCUT2D eigenvalue weighted by Gasteiger charge is 2.09. The van der Waals surface area contributed by atoms with Gasteiger partial charge in [0.1, 0.15) is 5.82 Å². The summed E-state index contributed by atoms with van der Waals surface area (Å²) in [7, 11) is 1.53. The minimum Gasteiger partial charge on any atom is -0.303 e. The molecule has 4 nitrogen and oxygen atoms in total. The molecule has 18 heavy (non-hydrogen) atoms. The predicted octanol–water partition coefficient (Wildman–Crippen LogP) is 1.39. The SMILES string of the molecule is Cn1ccc(=O)n(Cc2cccc(F)c2Cl)c1=O. The molecule has 0 amide bonds. The highest BCUT2D eigenvalue weighted by molar-refractivity contribution is 6.31. The van der Waals surface area contributed by atoms with Crippen molar-refractivity contribution in [1.29, 1.82) is 0 Å². The van der Waals surface area contributed by atoms with Crippen molar-refractivity contribution in [3.63, 3.8) is 0 Å². The highest BCUT2D eigenvalue weighted by atomic mass is 35.5. The first-order chi connectivity index (χ1) is 8.50. The van der Waals surface area contributed by atoms with Crippen LogP contribution in [0.15, 0.2) is 40.1 Å². The van der Waals surface area contributed by atoms with Crippen molar-refractivity contribution in [2.75, 3.05) is 0 Å². The Hall–Kier alpha value is -1.88. The van der Waals surface area contributed by atoms with Crippen molar-refractivity contribution in [2.24, 2.45) is 7.05 Å². The molecule has 0 N–H and O–H groups in total. The predicted molar refractivity (Wildman–Crippen MR) is 66.5 cm³/mol. The van der Waals surface area contributed by atoms with E-state index in [9.17, 15) is 14.0 Å². The smallest absolute Gasteiger partial charge is 0.303 e. The van der Waals surface area contributed by atoms with Crippen molar-refractivity contribution < 1.29 is 4.39 Å². The normalized spacial score (nSPS) is 10.6. The van der Waals surface area contributed by atoms with Gasteiger partial charge < -0.3 is 4.57 Å². The van der Waals surface area contributed by atoms with E-state index >= 15 is 0 Å². The van der Waals surface area contributed by atoms with Gasteiger partial charge in [-0.3, -0.25) is 9.36 Å². The van der Waals surface area contributed by atoms with Gasteiger partial charge in [0, 0.05) is 19.3 Å². The van der Waals surface area contributed by atoms with E-state index in [1.165, 1.54) is 36.0 Å². The number of aryl methyl sites for hydroxylation is 1. The van der Waals surface area contributed by atoms with Crippen LogP contribution in [0.1, 0.15) is 5.56 Å². The van der Waals surface area contributed by atoms with Gasteiger partial charge in [-0.25, -0.2) is 9.18 Å². The van der Waals surface area contributed by atoms with Crippen LogP contribution in [0.5, 0.6) is 0 Å². The number of hydrogen-bond donors (Lipinski definition) is 0. The van der Waals surface area contributed by atoms with Crippen LogP contribution in [0.2, 0.25) is 5.02 Å². The number of halogens is 2. The van der Waals surface area contributed by atoms with Gasteiger partial charge in [-0.1, -0.05) is 23.7 Å². The summed E-state index contributed by atoms with van der Waals surface area (Å²) in [5, 5.41) is -0.0738. The Morgan fingerprint density at radius 1 is 1.28 bits per heavy atom. The fourth-order valence-corrected chi connectivity index (χ4v) is 1.79. The maximum atomic E-state index is 13.3. The molecule has 0 aliphatic heterocycles. The third kappa shape index (κ3) is 2.22. The molecule has 2 aromatic rings. The first kappa shape index (κ1) is 12.6. The molecule has 0 spiro atoms. The summed E-state index contributed by atoms with van der Waals surface area (Å²) >= 11 is 5.79. The van der Waals surface area contributed by atoms with E-state index < -0.39 is 17.1 Å². The van der Waals surface area contributed by atoms with Gasteiger partial charge in [0.2, 0.25) is 0 Å². The molecular formula is C12H10ClFN2O2. The van der Waals surface area contributed by atoms with E-state index in [1.54, 1.807) is 6.07 Å². The fourth-order valence-electron chi connectivity index (χ4n) is 1.60. The summed E-state index contributed by atoms with van der Waals surface area (Å²) in [6, 6.07) is 5.55. The Balaban J connectivity index is 2.53. The molecule has 0 saturated carbocycles. The van der Waals surface area contributed by atoms with Gasteiger partial charge in [-0.15, -0.1) is 0 Å². The topological polar surface area (TPSA) is 44.0 Å². The number of benzene rings is 1. The zero-order chi connectivity index (χ0) is 13.3. The molecule has 0 radical (unpaired) electrons. The summed E-state index contributed by atoms with van der Waals surface area (Å²) < 4.78 is 15.5. The van der Waals surface area contributed by atoms with Crippen molar-refractivity contribution >= 4 is 11.6 Å². The summed E-state index contributed by atoms with van der Waals surface area (Å²) in [5.74, 6) is -0.574. The van der Waals surface area contributed by atoms with Crippen LogP contribution in [0.3, 0.4) is 0 Å². The lowest BCUT2D eigenvalue weighted by molar-refractivity contribution is 0.613. The quantitative estimate of drug-likeness (QED) is 0.826. The standard InChI is InChI=1S/C12H10ClFN2O2/c1-15-6-5-10(17)16(12(15)18)7-8-3-2-4-9(14)11(8)13/h2-6H,7H2,1H3. The molecule has 1 aromatic heterocycles. The van der Waals surface area contributed by atoms with Gasteiger partial charge in [0.15, 0.2) is 0 Å². The molecule has 1 aromatic carbocycles. The Bertz CT molecular complexity index is 706. The Labute approximate surface area is 107 Å². The van der Waals surface area contributed by atoms with Crippen LogP contribution >= 0.6 is 11.6 Å². The third-order valence-corrected chi connectivity index (χ3v) is 3.02. The van der Waals surface area contributed by atoms with Crippen LogP contribution in [0, 0.1) is 5.82 Å². The number of rotatable bonds is 2. The summed E-state index contributed by atoms with van der Waals surface area (Å²) in [5.41, 5.74) is -0.525. The maximum Gasteiger partial charge on any atom is 0.331 e. The zero-order valence-electron chi connectivity index (χ0n) is 9.56. The van der Waals surface area contributed by atoms with Crippen LogP contribution in [-0.2, 0) is 13.6 Å². The summed E-state index contributed by atoms with van der Waals surface area (Å²) in [6.45, 7) is -0.0526. The molecule has 0 aliphatic carbocycles.